The molecule has 0 atom stereocenters. The van der Waals surface area contributed by atoms with Gasteiger partial charge in [0, 0.05) is 88.2 Å². The molecule has 12 rings (SSSR count). The molecule has 17 heteroatoms. The van der Waals surface area contributed by atoms with Crippen LogP contribution in [0.2, 0.25) is 0 Å². The number of ether oxygens (including phenoxy) is 3. The van der Waals surface area contributed by atoms with E-state index < -0.39 is 0 Å². The first kappa shape index (κ1) is 63.0. The second-order valence-corrected chi connectivity index (χ2v) is 21.4. The van der Waals surface area contributed by atoms with Crippen molar-refractivity contribution < 1.29 is 39.1 Å². The molecule has 458 valence electrons. The van der Waals surface area contributed by atoms with Crippen molar-refractivity contribution >= 4 is 40.5 Å². The van der Waals surface area contributed by atoms with Gasteiger partial charge in [-0.1, -0.05) is 103 Å². The zero-order valence-corrected chi connectivity index (χ0v) is 49.7. The Hall–Kier alpha value is -10.5. The molecule has 3 heterocycles. The molecule has 0 unspecified atom stereocenters. The van der Waals surface area contributed by atoms with Gasteiger partial charge in [0.1, 0.15) is 60.0 Å². The van der Waals surface area contributed by atoms with Gasteiger partial charge in [-0.2, -0.15) is 0 Å². The number of amides is 4. The second kappa shape index (κ2) is 33.4. The van der Waals surface area contributed by atoms with Gasteiger partial charge in [-0.05, 0) is 180 Å². The number of likely N-dealkylation sites (tertiary alicyclic amines) is 1. The molecule has 89 heavy (non-hydrogen) atoms. The summed E-state index contributed by atoms with van der Waals surface area (Å²) in [5.74, 6) is 3.57. The van der Waals surface area contributed by atoms with Crippen LogP contribution in [-0.4, -0.2) is 103 Å². The maximum atomic E-state index is 12.6. The minimum Gasteiger partial charge on any atom is -0.508 e. The molecule has 9 aromatic rings. The Morgan fingerprint density at radius 3 is 1.15 bits per heavy atom. The number of phenolic OH excluding ortho intramolecular Hbond substituents is 3. The molecule has 9 aromatic carbocycles. The Kier molecular flexibility index (Phi) is 23.6. The average Bonchev–Trinajstić information content (AvgIpc) is 3.60. The second-order valence-electron chi connectivity index (χ2n) is 21.4. The molecule has 4 amide bonds. The smallest absolute Gasteiger partial charge is 0.321 e. The number of carbonyl (C=O) groups is 2. The fourth-order valence-corrected chi connectivity index (χ4v) is 10.1. The summed E-state index contributed by atoms with van der Waals surface area (Å²) in [4.78, 5) is 43.6. The van der Waals surface area contributed by atoms with E-state index in [0.29, 0.717) is 50.3 Å². The van der Waals surface area contributed by atoms with Crippen molar-refractivity contribution in [3.05, 3.63) is 264 Å². The van der Waals surface area contributed by atoms with Crippen molar-refractivity contribution in [2.75, 3.05) is 85.9 Å². The largest absolute Gasteiger partial charge is 0.508 e. The maximum Gasteiger partial charge on any atom is 0.321 e. The molecule has 0 aromatic heterocycles. The molecular formula is C72H76N8O9. The Labute approximate surface area is 520 Å². The van der Waals surface area contributed by atoms with Gasteiger partial charge in [-0.25, -0.2) is 9.59 Å². The lowest BCUT2D eigenvalue weighted by Crippen LogP contribution is -2.50. The standard InChI is InChI=1S/C25H26N2O3.C24H25N3O3.C13H11NO2.C10H14N2O/c28-23-10-6-20(7-11-23)21-14-16-27(17-15-21)25(29)26-22-8-12-24(13-9-22)30-18-19-4-2-1-3-5-19;28-22-10-8-21(9-11-22)26-14-16-27(17-15-26)24(29)25-20-6-12-23(13-7-20)30-18-19-4-2-1-3-5-19;15-14-12-6-8-13(9-7-12)16-10-11-4-2-1-3-5-11;13-10-3-1-9(2-4-10)12-7-5-11-6-8-12/h1-13,21,28H,14-18H2,(H,26,29);1-13,28H,14-18H2,(H,25,29);1-9H,10H2;1-4,11,13H,5-8H2. The lowest BCUT2D eigenvalue weighted by molar-refractivity contribution is 0.194. The molecule has 3 saturated heterocycles. The number of nitrogens with zero attached hydrogens (tertiary/aromatic N) is 5. The molecule has 3 aliphatic rings. The van der Waals surface area contributed by atoms with Gasteiger partial charge in [-0.15, -0.1) is 4.91 Å². The average molecular weight is 1200 g/mol. The Balaban J connectivity index is 0.000000149. The van der Waals surface area contributed by atoms with E-state index >= 15 is 0 Å². The zero-order chi connectivity index (χ0) is 61.8. The molecule has 0 radical (unpaired) electrons. The van der Waals surface area contributed by atoms with Crippen LogP contribution in [0.4, 0.5) is 38.0 Å². The van der Waals surface area contributed by atoms with E-state index in [1.165, 1.54) is 11.3 Å². The number of hydrogen-bond acceptors (Lipinski definition) is 13. The van der Waals surface area contributed by atoms with Crippen molar-refractivity contribution in [1.29, 1.82) is 0 Å². The van der Waals surface area contributed by atoms with E-state index in [9.17, 15) is 24.7 Å². The predicted molar refractivity (Wildman–Crippen MR) is 352 cm³/mol. The van der Waals surface area contributed by atoms with E-state index in [2.05, 4.69) is 30.9 Å². The van der Waals surface area contributed by atoms with Gasteiger partial charge in [0.05, 0.1) is 0 Å². The lowest BCUT2D eigenvalue weighted by Gasteiger charge is -2.36. The highest BCUT2D eigenvalue weighted by atomic mass is 16.5. The summed E-state index contributed by atoms with van der Waals surface area (Å²) in [6.07, 6.45) is 1.84. The number of benzene rings is 9. The topological polar surface area (TPSA) is 201 Å². The van der Waals surface area contributed by atoms with Crippen molar-refractivity contribution in [3.8, 4) is 34.5 Å². The fourth-order valence-electron chi connectivity index (χ4n) is 10.1. The van der Waals surface area contributed by atoms with Crippen LogP contribution < -0.4 is 40.0 Å². The third-order valence-corrected chi connectivity index (χ3v) is 15.2. The molecule has 17 nitrogen and oxygen atoms in total. The molecule has 0 bridgehead atoms. The van der Waals surface area contributed by atoms with Crippen LogP contribution in [0.15, 0.2) is 242 Å². The molecular weight excluding hydrogens is 1120 g/mol. The number of phenols is 3. The summed E-state index contributed by atoms with van der Waals surface area (Å²) in [7, 11) is 0. The first-order valence-electron chi connectivity index (χ1n) is 29.9. The first-order valence-corrected chi connectivity index (χ1v) is 29.9. The molecule has 3 fully saturated rings. The Morgan fingerprint density at radius 1 is 0.416 bits per heavy atom. The number of nitroso groups, excluding NO2 is 1. The third kappa shape index (κ3) is 20.6. The van der Waals surface area contributed by atoms with Crippen LogP contribution >= 0.6 is 0 Å². The number of piperidine rings is 1. The van der Waals surface area contributed by atoms with Crippen molar-refractivity contribution in [2.45, 2.75) is 38.6 Å². The Morgan fingerprint density at radius 2 is 0.764 bits per heavy atom. The van der Waals surface area contributed by atoms with Crippen LogP contribution in [0.5, 0.6) is 34.5 Å². The van der Waals surface area contributed by atoms with Gasteiger partial charge in [0.2, 0.25) is 0 Å². The summed E-state index contributed by atoms with van der Waals surface area (Å²) in [6, 6.07) is 73.3. The quantitative estimate of drug-likeness (QED) is 0.0531. The summed E-state index contributed by atoms with van der Waals surface area (Å²) in [5.41, 5.74) is 8.72. The van der Waals surface area contributed by atoms with Gasteiger partial charge in [0.15, 0.2) is 0 Å². The number of nitrogens with one attached hydrogen (secondary N) is 3. The van der Waals surface area contributed by atoms with Gasteiger partial charge in [0.25, 0.3) is 0 Å². The number of anilines is 4. The van der Waals surface area contributed by atoms with Crippen molar-refractivity contribution in [2.24, 2.45) is 5.18 Å². The number of hydrogen-bond donors (Lipinski definition) is 6. The summed E-state index contributed by atoms with van der Waals surface area (Å²) in [5, 5.41) is 40.0. The Bertz CT molecular complexity index is 3350. The van der Waals surface area contributed by atoms with E-state index in [1.54, 1.807) is 60.7 Å². The summed E-state index contributed by atoms with van der Waals surface area (Å²) >= 11 is 0. The zero-order valence-electron chi connectivity index (χ0n) is 49.7. The highest BCUT2D eigenvalue weighted by Gasteiger charge is 2.25. The minimum absolute atomic E-state index is 0.0721. The molecule has 0 aliphatic carbocycles. The number of urea groups is 2. The fraction of sp³-hybridized carbons (Fsp3) is 0.222. The van der Waals surface area contributed by atoms with Gasteiger partial charge in [-0.3, -0.25) is 0 Å². The SMILES string of the molecule is O=C(Nc1ccc(OCc2ccccc2)cc1)N1CCC(c2ccc(O)cc2)CC1.O=C(Nc1ccc(OCc2ccccc2)cc1)N1CCN(c2ccc(O)cc2)CC1.O=Nc1ccc(OCc2ccccc2)cc1.Oc1ccc(N2CCNCC2)cc1. The lowest BCUT2D eigenvalue weighted by atomic mass is 9.89. The van der Waals surface area contributed by atoms with E-state index in [0.717, 1.165) is 116 Å². The normalized spacial score (nSPS) is 13.8. The highest BCUT2D eigenvalue weighted by Crippen LogP contribution is 2.30. The van der Waals surface area contributed by atoms with E-state index in [1.807, 2.05) is 186 Å². The maximum absolute atomic E-state index is 12.6. The summed E-state index contributed by atoms with van der Waals surface area (Å²) in [6.45, 7) is 9.96. The van der Waals surface area contributed by atoms with E-state index in [-0.39, 0.29) is 23.6 Å². The molecule has 6 N–H and O–H groups in total. The molecule has 0 saturated carbocycles. The van der Waals surface area contributed by atoms with Crippen LogP contribution in [0.3, 0.4) is 0 Å². The number of carbonyl (C=O) groups excluding carboxylic acids is 2. The first-order chi connectivity index (χ1) is 43.6. The summed E-state index contributed by atoms with van der Waals surface area (Å²) < 4.78 is 17.1. The molecule has 0 spiro atoms. The van der Waals surface area contributed by atoms with Crippen LogP contribution in [0.25, 0.3) is 0 Å². The number of aromatic hydroxyl groups is 3. The van der Waals surface area contributed by atoms with Crippen LogP contribution in [0, 0.1) is 4.91 Å². The van der Waals surface area contributed by atoms with Crippen molar-refractivity contribution in [3.63, 3.8) is 0 Å². The van der Waals surface area contributed by atoms with Crippen molar-refractivity contribution in [1.82, 2.24) is 15.1 Å². The minimum atomic E-state index is -0.0988. The molecule has 3 aliphatic heterocycles. The van der Waals surface area contributed by atoms with Gasteiger partial charge < -0.3 is 65.1 Å². The van der Waals surface area contributed by atoms with Crippen LogP contribution in [0.1, 0.15) is 41.0 Å². The number of rotatable bonds is 15. The van der Waals surface area contributed by atoms with Gasteiger partial charge >= 0.3 is 12.1 Å². The number of piperazine rings is 2. The highest BCUT2D eigenvalue weighted by molar-refractivity contribution is 5.90. The van der Waals surface area contributed by atoms with E-state index in [4.69, 9.17) is 19.3 Å². The monoisotopic (exact) mass is 1200 g/mol. The predicted octanol–water partition coefficient (Wildman–Crippen LogP) is 14.2. The van der Waals surface area contributed by atoms with Crippen LogP contribution in [-0.2, 0) is 19.8 Å². The third-order valence-electron chi connectivity index (χ3n) is 15.2.